The van der Waals surface area contributed by atoms with Crippen LogP contribution in [0.5, 0.6) is 5.75 Å². The SMILES string of the molecule is Cc1ccc(-c2cccc(-c3ccc(C4=C5Oc6ccccc6C5CC=C4)cc3)c2)cc1. The number of fused-ring (bicyclic) bond motifs is 3. The van der Waals surface area contributed by atoms with Gasteiger partial charge in [0, 0.05) is 17.1 Å². The van der Waals surface area contributed by atoms with Crippen molar-refractivity contribution in [1.82, 2.24) is 0 Å². The van der Waals surface area contributed by atoms with E-state index in [9.17, 15) is 0 Å². The van der Waals surface area contributed by atoms with Crippen LogP contribution in [0.1, 0.15) is 29.0 Å². The van der Waals surface area contributed by atoms with Crippen LogP contribution in [0.25, 0.3) is 27.8 Å². The Kier molecular flexibility index (Phi) is 4.54. The van der Waals surface area contributed by atoms with Crippen molar-refractivity contribution < 1.29 is 4.74 Å². The summed E-state index contributed by atoms with van der Waals surface area (Å²) < 4.78 is 6.29. The minimum atomic E-state index is 0.331. The second-order valence-corrected chi connectivity index (χ2v) is 8.63. The first-order valence-corrected chi connectivity index (χ1v) is 11.2. The molecule has 4 aromatic carbocycles. The Balaban J connectivity index is 1.32. The van der Waals surface area contributed by atoms with Gasteiger partial charge in [0.2, 0.25) is 0 Å². The molecule has 154 valence electrons. The highest BCUT2D eigenvalue weighted by Crippen LogP contribution is 2.47. The lowest BCUT2D eigenvalue weighted by molar-refractivity contribution is 0.429. The summed E-state index contributed by atoms with van der Waals surface area (Å²) in [7, 11) is 0. The van der Waals surface area contributed by atoms with Gasteiger partial charge < -0.3 is 4.74 Å². The predicted octanol–water partition coefficient (Wildman–Crippen LogP) is 8.18. The molecule has 32 heavy (non-hydrogen) atoms. The Hall–Kier alpha value is -3.84. The zero-order valence-electron chi connectivity index (χ0n) is 18.1. The van der Waals surface area contributed by atoms with Gasteiger partial charge in [-0.3, -0.25) is 0 Å². The minimum absolute atomic E-state index is 0.331. The molecule has 4 aromatic rings. The summed E-state index contributed by atoms with van der Waals surface area (Å²) in [6.07, 6.45) is 5.48. The first-order chi connectivity index (χ1) is 15.8. The van der Waals surface area contributed by atoms with Crippen LogP contribution in [0.4, 0.5) is 0 Å². The van der Waals surface area contributed by atoms with Gasteiger partial charge in [-0.25, -0.2) is 0 Å². The molecule has 0 saturated heterocycles. The molecule has 2 aliphatic rings. The maximum absolute atomic E-state index is 6.29. The molecular weight excluding hydrogens is 388 g/mol. The lowest BCUT2D eigenvalue weighted by Gasteiger charge is -2.18. The zero-order chi connectivity index (χ0) is 21.5. The summed E-state index contributed by atoms with van der Waals surface area (Å²) in [5.41, 5.74) is 9.92. The summed E-state index contributed by atoms with van der Waals surface area (Å²) in [5, 5.41) is 0. The Bertz CT molecular complexity index is 1350. The molecule has 1 aliphatic carbocycles. The third-order valence-electron chi connectivity index (χ3n) is 6.53. The molecule has 0 amide bonds. The van der Waals surface area contributed by atoms with Crippen molar-refractivity contribution >= 4 is 5.57 Å². The molecule has 6 rings (SSSR count). The van der Waals surface area contributed by atoms with Crippen LogP contribution >= 0.6 is 0 Å². The molecule has 0 radical (unpaired) electrons. The number of para-hydroxylation sites is 1. The van der Waals surface area contributed by atoms with Gasteiger partial charge in [-0.15, -0.1) is 0 Å². The molecular formula is C31H24O. The van der Waals surface area contributed by atoms with Crippen LogP contribution in [0, 0.1) is 6.92 Å². The Labute approximate surface area is 189 Å². The molecule has 0 fully saturated rings. The molecule has 0 aromatic heterocycles. The summed E-state index contributed by atoms with van der Waals surface area (Å²) in [5.74, 6) is 2.41. The van der Waals surface area contributed by atoms with E-state index in [4.69, 9.17) is 4.74 Å². The van der Waals surface area contributed by atoms with Crippen LogP contribution in [0.2, 0.25) is 0 Å². The van der Waals surface area contributed by atoms with Crippen LogP contribution in [-0.2, 0) is 0 Å². The van der Waals surface area contributed by atoms with Gasteiger partial charge in [0.1, 0.15) is 11.5 Å². The van der Waals surface area contributed by atoms with E-state index in [1.165, 1.54) is 44.5 Å². The minimum Gasteiger partial charge on any atom is -0.460 e. The largest absolute Gasteiger partial charge is 0.460 e. The molecule has 0 bridgehead atoms. The number of rotatable bonds is 3. The van der Waals surface area contributed by atoms with Crippen LogP contribution < -0.4 is 4.74 Å². The van der Waals surface area contributed by atoms with E-state index in [1.54, 1.807) is 0 Å². The normalized spacial score (nSPS) is 16.5. The van der Waals surface area contributed by atoms with E-state index < -0.39 is 0 Å². The molecule has 1 heterocycles. The molecule has 1 atom stereocenters. The average molecular weight is 413 g/mol. The van der Waals surface area contributed by atoms with Crippen LogP contribution in [0.3, 0.4) is 0 Å². The van der Waals surface area contributed by atoms with Gasteiger partial charge in [0.25, 0.3) is 0 Å². The number of hydrogen-bond donors (Lipinski definition) is 0. The first kappa shape index (κ1) is 18.9. The van der Waals surface area contributed by atoms with Crippen molar-refractivity contribution in [2.24, 2.45) is 0 Å². The fourth-order valence-corrected chi connectivity index (χ4v) is 4.78. The van der Waals surface area contributed by atoms with Crippen molar-refractivity contribution in [3.63, 3.8) is 0 Å². The second-order valence-electron chi connectivity index (χ2n) is 8.63. The molecule has 0 spiro atoms. The highest BCUT2D eigenvalue weighted by Gasteiger charge is 2.32. The van der Waals surface area contributed by atoms with Crippen molar-refractivity contribution in [2.45, 2.75) is 19.3 Å². The number of allylic oxidation sites excluding steroid dienone is 4. The third kappa shape index (κ3) is 3.27. The van der Waals surface area contributed by atoms with Gasteiger partial charge in [0.15, 0.2) is 0 Å². The Morgan fingerprint density at radius 2 is 1.31 bits per heavy atom. The van der Waals surface area contributed by atoms with Gasteiger partial charge in [-0.1, -0.05) is 103 Å². The van der Waals surface area contributed by atoms with Crippen LogP contribution in [-0.4, -0.2) is 0 Å². The van der Waals surface area contributed by atoms with E-state index in [1.807, 2.05) is 6.07 Å². The van der Waals surface area contributed by atoms with Crippen molar-refractivity contribution in [2.75, 3.05) is 0 Å². The fourth-order valence-electron chi connectivity index (χ4n) is 4.78. The quantitative estimate of drug-likeness (QED) is 0.330. The number of benzene rings is 4. The molecule has 1 heteroatoms. The topological polar surface area (TPSA) is 9.23 Å². The van der Waals surface area contributed by atoms with E-state index in [2.05, 4.69) is 110 Å². The molecule has 1 aliphatic heterocycles. The first-order valence-electron chi connectivity index (χ1n) is 11.2. The second kappa shape index (κ2) is 7.69. The van der Waals surface area contributed by atoms with Gasteiger partial charge >= 0.3 is 0 Å². The standard InChI is InChI=1S/C31H24O/c1-21-12-14-22(15-13-21)25-6-4-7-26(20-25)23-16-18-24(19-17-23)27-9-5-10-29-28-8-2-3-11-30(28)32-31(27)29/h2-9,11-20,29H,10H2,1H3. The number of aryl methyl sites for hydroxylation is 1. The maximum Gasteiger partial charge on any atom is 0.130 e. The van der Waals surface area contributed by atoms with Gasteiger partial charge in [0.05, 0.1) is 0 Å². The molecule has 0 saturated carbocycles. The molecule has 1 nitrogen and oxygen atoms in total. The van der Waals surface area contributed by atoms with Crippen molar-refractivity contribution in [3.05, 3.63) is 132 Å². The predicted molar refractivity (Wildman–Crippen MR) is 133 cm³/mol. The summed E-state index contributed by atoms with van der Waals surface area (Å²) in [4.78, 5) is 0. The van der Waals surface area contributed by atoms with Gasteiger partial charge in [-0.2, -0.15) is 0 Å². The number of hydrogen-bond acceptors (Lipinski definition) is 1. The monoisotopic (exact) mass is 412 g/mol. The van der Waals surface area contributed by atoms with Gasteiger partial charge in [-0.05, 0) is 53.3 Å². The lowest BCUT2D eigenvalue weighted by atomic mass is 9.86. The molecule has 1 unspecified atom stereocenters. The highest BCUT2D eigenvalue weighted by atomic mass is 16.5. The summed E-state index contributed by atoms with van der Waals surface area (Å²) >= 11 is 0. The smallest absolute Gasteiger partial charge is 0.130 e. The third-order valence-corrected chi connectivity index (χ3v) is 6.53. The zero-order valence-corrected chi connectivity index (χ0v) is 18.1. The van der Waals surface area contributed by atoms with E-state index in [-0.39, 0.29) is 0 Å². The van der Waals surface area contributed by atoms with Crippen molar-refractivity contribution in [3.8, 4) is 28.0 Å². The van der Waals surface area contributed by atoms with Crippen molar-refractivity contribution in [1.29, 1.82) is 0 Å². The van der Waals surface area contributed by atoms with Crippen LogP contribution in [0.15, 0.2) is 115 Å². The molecule has 0 N–H and O–H groups in total. The van der Waals surface area contributed by atoms with E-state index in [0.29, 0.717) is 5.92 Å². The summed E-state index contributed by atoms with van der Waals surface area (Å²) in [6, 6.07) is 34.8. The van der Waals surface area contributed by atoms with E-state index >= 15 is 0 Å². The Morgan fingerprint density at radius 1 is 0.656 bits per heavy atom. The maximum atomic E-state index is 6.29. The number of ether oxygens (including phenoxy) is 1. The fraction of sp³-hybridized carbons (Fsp3) is 0.0968. The highest BCUT2D eigenvalue weighted by molar-refractivity contribution is 5.81. The van der Waals surface area contributed by atoms with E-state index in [0.717, 1.165) is 17.9 Å². The Morgan fingerprint density at radius 3 is 2.06 bits per heavy atom. The lowest BCUT2D eigenvalue weighted by Crippen LogP contribution is -2.05. The summed E-state index contributed by atoms with van der Waals surface area (Å²) in [6.45, 7) is 2.12. The average Bonchev–Trinajstić information content (AvgIpc) is 3.24.